The van der Waals surface area contributed by atoms with Gasteiger partial charge in [0.05, 0.1) is 15.7 Å². The smallest absolute Gasteiger partial charge is 0.251 e. The first kappa shape index (κ1) is 11.0. The van der Waals surface area contributed by atoms with Crippen LogP contribution >= 0.6 is 11.3 Å². The zero-order chi connectivity index (χ0) is 11.4. The van der Waals surface area contributed by atoms with Gasteiger partial charge in [-0.3, -0.25) is 4.79 Å². The van der Waals surface area contributed by atoms with Gasteiger partial charge in [0.2, 0.25) is 0 Å². The number of benzene rings is 1. The van der Waals surface area contributed by atoms with Crippen LogP contribution in [-0.4, -0.2) is 24.0 Å². The minimum atomic E-state index is -0.0521. The Labute approximate surface area is 97.5 Å². The van der Waals surface area contributed by atoms with Crippen molar-refractivity contribution in [3.63, 3.8) is 0 Å². The number of amides is 1. The molecular formula is C11H13N3OS. The molecule has 5 heteroatoms. The number of hydrogen-bond acceptors (Lipinski definition) is 4. The Balaban J connectivity index is 2.10. The third-order valence-corrected chi connectivity index (χ3v) is 3.05. The molecule has 0 spiro atoms. The lowest BCUT2D eigenvalue weighted by Gasteiger charge is -2.03. The standard InChI is InChI=1S/C11H13N3OS/c12-4-1-5-13-11(15)8-2-3-9-10(6-8)16-7-14-9/h2-3,6-7H,1,4-5,12H2,(H,13,15). The second kappa shape index (κ2) is 5.05. The lowest BCUT2D eigenvalue weighted by Crippen LogP contribution is -2.25. The molecular weight excluding hydrogens is 222 g/mol. The summed E-state index contributed by atoms with van der Waals surface area (Å²) >= 11 is 1.54. The van der Waals surface area contributed by atoms with Crippen LogP contribution in [0.4, 0.5) is 0 Å². The lowest BCUT2D eigenvalue weighted by atomic mass is 10.2. The third kappa shape index (κ3) is 2.37. The van der Waals surface area contributed by atoms with Crippen LogP contribution in [0.2, 0.25) is 0 Å². The van der Waals surface area contributed by atoms with Gasteiger partial charge in [0.1, 0.15) is 0 Å². The fourth-order valence-electron chi connectivity index (χ4n) is 1.40. The molecule has 0 unspecified atom stereocenters. The molecule has 1 heterocycles. The molecule has 0 radical (unpaired) electrons. The average molecular weight is 235 g/mol. The van der Waals surface area contributed by atoms with Gasteiger partial charge in [-0.1, -0.05) is 0 Å². The van der Waals surface area contributed by atoms with E-state index in [2.05, 4.69) is 10.3 Å². The highest BCUT2D eigenvalue weighted by atomic mass is 32.1. The molecule has 2 rings (SSSR count). The van der Waals surface area contributed by atoms with Crippen molar-refractivity contribution < 1.29 is 4.79 Å². The summed E-state index contributed by atoms with van der Waals surface area (Å²) < 4.78 is 1.03. The van der Waals surface area contributed by atoms with Crippen LogP contribution < -0.4 is 11.1 Å². The van der Waals surface area contributed by atoms with E-state index in [1.54, 1.807) is 11.6 Å². The van der Waals surface area contributed by atoms with Gasteiger partial charge in [-0.15, -0.1) is 11.3 Å². The summed E-state index contributed by atoms with van der Waals surface area (Å²) in [6.45, 7) is 1.21. The van der Waals surface area contributed by atoms with Gasteiger partial charge in [0.15, 0.2) is 0 Å². The molecule has 0 saturated carbocycles. The lowest BCUT2D eigenvalue weighted by molar-refractivity contribution is 0.0953. The number of fused-ring (bicyclic) bond motifs is 1. The zero-order valence-electron chi connectivity index (χ0n) is 8.77. The fourth-order valence-corrected chi connectivity index (χ4v) is 2.12. The zero-order valence-corrected chi connectivity index (χ0v) is 9.59. The van der Waals surface area contributed by atoms with Gasteiger partial charge in [-0.05, 0) is 31.2 Å². The van der Waals surface area contributed by atoms with Crippen molar-refractivity contribution in [2.75, 3.05) is 13.1 Å². The summed E-state index contributed by atoms with van der Waals surface area (Å²) in [5.41, 5.74) is 8.74. The molecule has 0 aliphatic rings. The Hall–Kier alpha value is -1.46. The number of nitrogens with zero attached hydrogens (tertiary/aromatic N) is 1. The van der Waals surface area contributed by atoms with E-state index < -0.39 is 0 Å². The van der Waals surface area contributed by atoms with Crippen molar-refractivity contribution in [1.82, 2.24) is 10.3 Å². The van der Waals surface area contributed by atoms with E-state index in [1.165, 1.54) is 11.3 Å². The molecule has 3 N–H and O–H groups in total. The molecule has 1 amide bonds. The van der Waals surface area contributed by atoms with Crippen molar-refractivity contribution in [2.24, 2.45) is 5.73 Å². The highest BCUT2D eigenvalue weighted by Crippen LogP contribution is 2.18. The summed E-state index contributed by atoms with van der Waals surface area (Å²) in [6, 6.07) is 5.52. The van der Waals surface area contributed by atoms with Gasteiger partial charge in [0, 0.05) is 12.1 Å². The minimum absolute atomic E-state index is 0.0521. The number of aromatic nitrogens is 1. The monoisotopic (exact) mass is 235 g/mol. The largest absolute Gasteiger partial charge is 0.352 e. The van der Waals surface area contributed by atoms with Crippen LogP contribution in [0.15, 0.2) is 23.7 Å². The average Bonchev–Trinajstić information content (AvgIpc) is 2.76. The molecule has 2 aromatic rings. The maximum atomic E-state index is 11.7. The highest BCUT2D eigenvalue weighted by Gasteiger charge is 2.06. The maximum Gasteiger partial charge on any atom is 0.251 e. The van der Waals surface area contributed by atoms with Crippen LogP contribution in [0, 0.1) is 0 Å². The van der Waals surface area contributed by atoms with E-state index in [1.807, 2.05) is 12.1 Å². The Morgan fingerprint density at radius 2 is 2.38 bits per heavy atom. The number of carbonyl (C=O) groups is 1. The second-order valence-corrected chi connectivity index (χ2v) is 4.32. The number of nitrogens with two attached hydrogens (primary N) is 1. The van der Waals surface area contributed by atoms with Crippen LogP contribution in [-0.2, 0) is 0 Å². The first-order valence-corrected chi connectivity index (χ1v) is 6.01. The quantitative estimate of drug-likeness (QED) is 0.787. The van der Waals surface area contributed by atoms with E-state index >= 15 is 0 Å². The van der Waals surface area contributed by atoms with Crippen molar-refractivity contribution in [2.45, 2.75) is 6.42 Å². The van der Waals surface area contributed by atoms with Crippen LogP contribution in [0.1, 0.15) is 16.8 Å². The predicted octanol–water partition coefficient (Wildman–Crippen LogP) is 1.37. The predicted molar refractivity (Wildman–Crippen MR) is 65.6 cm³/mol. The number of rotatable bonds is 4. The van der Waals surface area contributed by atoms with E-state index in [9.17, 15) is 4.79 Å². The van der Waals surface area contributed by atoms with Crippen molar-refractivity contribution in [3.8, 4) is 0 Å². The molecule has 0 atom stereocenters. The van der Waals surface area contributed by atoms with E-state index in [0.717, 1.165) is 16.6 Å². The summed E-state index contributed by atoms with van der Waals surface area (Å²) in [4.78, 5) is 15.9. The SMILES string of the molecule is NCCCNC(=O)c1ccc2ncsc2c1. The van der Waals surface area contributed by atoms with Gasteiger partial charge in [-0.25, -0.2) is 4.98 Å². The molecule has 0 fully saturated rings. The molecule has 0 bridgehead atoms. The van der Waals surface area contributed by atoms with Gasteiger partial charge >= 0.3 is 0 Å². The minimum Gasteiger partial charge on any atom is -0.352 e. The number of carbonyl (C=O) groups excluding carboxylic acids is 1. The number of thiazole rings is 1. The first-order chi connectivity index (χ1) is 7.81. The Kier molecular flexibility index (Phi) is 3.48. The van der Waals surface area contributed by atoms with Crippen LogP contribution in [0.3, 0.4) is 0 Å². The fraction of sp³-hybridized carbons (Fsp3) is 0.273. The summed E-state index contributed by atoms with van der Waals surface area (Å²) in [6.07, 6.45) is 0.800. The van der Waals surface area contributed by atoms with E-state index in [0.29, 0.717) is 18.7 Å². The third-order valence-electron chi connectivity index (χ3n) is 2.26. The normalized spacial score (nSPS) is 10.6. The van der Waals surface area contributed by atoms with Gasteiger partial charge in [-0.2, -0.15) is 0 Å². The topological polar surface area (TPSA) is 68.0 Å². The molecule has 16 heavy (non-hydrogen) atoms. The molecule has 1 aromatic carbocycles. The second-order valence-electron chi connectivity index (χ2n) is 3.43. The Bertz CT molecular complexity index is 495. The van der Waals surface area contributed by atoms with Crippen LogP contribution in [0.25, 0.3) is 10.2 Å². The van der Waals surface area contributed by atoms with Crippen molar-refractivity contribution in [1.29, 1.82) is 0 Å². The van der Waals surface area contributed by atoms with Gasteiger partial charge in [0.25, 0.3) is 5.91 Å². The van der Waals surface area contributed by atoms with Crippen LogP contribution in [0.5, 0.6) is 0 Å². The molecule has 1 aromatic heterocycles. The molecule has 0 aliphatic carbocycles. The summed E-state index contributed by atoms with van der Waals surface area (Å²) in [5.74, 6) is -0.0521. The van der Waals surface area contributed by atoms with E-state index in [4.69, 9.17) is 5.73 Å². The molecule has 0 saturated heterocycles. The highest BCUT2D eigenvalue weighted by molar-refractivity contribution is 7.16. The maximum absolute atomic E-state index is 11.7. The Morgan fingerprint density at radius 3 is 3.19 bits per heavy atom. The molecule has 0 aliphatic heterocycles. The number of nitrogens with one attached hydrogen (secondary N) is 1. The first-order valence-electron chi connectivity index (χ1n) is 5.13. The summed E-state index contributed by atoms with van der Waals surface area (Å²) in [5, 5.41) is 2.82. The summed E-state index contributed by atoms with van der Waals surface area (Å²) in [7, 11) is 0. The van der Waals surface area contributed by atoms with Crippen molar-refractivity contribution in [3.05, 3.63) is 29.3 Å². The van der Waals surface area contributed by atoms with Crippen molar-refractivity contribution >= 4 is 27.5 Å². The Morgan fingerprint density at radius 1 is 1.50 bits per heavy atom. The molecule has 84 valence electrons. The van der Waals surface area contributed by atoms with E-state index in [-0.39, 0.29) is 5.91 Å². The number of hydrogen-bond donors (Lipinski definition) is 2. The van der Waals surface area contributed by atoms with Gasteiger partial charge < -0.3 is 11.1 Å². The molecule has 4 nitrogen and oxygen atoms in total.